The van der Waals surface area contributed by atoms with Crippen molar-refractivity contribution in [3.8, 4) is 0 Å². The van der Waals surface area contributed by atoms with E-state index in [-0.39, 0.29) is 23.4 Å². The molecular formula is C19H26N2O4. The molecule has 1 heterocycles. The second-order valence-electron chi connectivity index (χ2n) is 6.75. The molecule has 0 spiro atoms. The normalized spacial score (nSPS) is 19.0. The van der Waals surface area contributed by atoms with Crippen LogP contribution in [0.1, 0.15) is 47.0 Å². The predicted molar refractivity (Wildman–Crippen MR) is 93.8 cm³/mol. The van der Waals surface area contributed by atoms with Gasteiger partial charge in [-0.2, -0.15) is 0 Å². The highest BCUT2D eigenvalue weighted by molar-refractivity contribution is 6.24. The summed E-state index contributed by atoms with van der Waals surface area (Å²) in [6.45, 7) is 8.84. The summed E-state index contributed by atoms with van der Waals surface area (Å²) < 4.78 is 0. The lowest BCUT2D eigenvalue weighted by Gasteiger charge is -2.34. The third-order valence-corrected chi connectivity index (χ3v) is 5.21. The van der Waals surface area contributed by atoms with Crippen LogP contribution in [0.5, 0.6) is 0 Å². The van der Waals surface area contributed by atoms with Gasteiger partial charge < -0.3 is 9.80 Å². The lowest BCUT2D eigenvalue weighted by atomic mass is 9.84. The molecule has 0 N–H and O–H groups in total. The number of hydrogen-bond acceptors (Lipinski definition) is 4. The van der Waals surface area contributed by atoms with Gasteiger partial charge in [0.2, 0.25) is 11.8 Å². The molecule has 0 bridgehead atoms. The Morgan fingerprint density at radius 2 is 1.36 bits per heavy atom. The third-order valence-electron chi connectivity index (χ3n) is 5.21. The van der Waals surface area contributed by atoms with E-state index in [1.54, 1.807) is 30.6 Å². The van der Waals surface area contributed by atoms with Crippen molar-refractivity contribution in [1.29, 1.82) is 0 Å². The second-order valence-corrected chi connectivity index (χ2v) is 6.75. The highest BCUT2D eigenvalue weighted by Gasteiger charge is 2.28. The monoisotopic (exact) mass is 346 g/mol. The average Bonchev–Trinajstić information content (AvgIpc) is 2.61. The summed E-state index contributed by atoms with van der Waals surface area (Å²) in [7, 11) is 0. The van der Waals surface area contributed by atoms with Gasteiger partial charge in [0.25, 0.3) is 0 Å². The maximum absolute atomic E-state index is 12.4. The van der Waals surface area contributed by atoms with E-state index in [0.717, 1.165) is 0 Å². The molecule has 2 aliphatic rings. The minimum Gasteiger partial charge on any atom is -0.339 e. The molecule has 1 aliphatic carbocycles. The molecule has 0 aromatic carbocycles. The molecule has 1 saturated heterocycles. The Bertz CT molecular complexity index is 680. The van der Waals surface area contributed by atoms with Gasteiger partial charge in [0.15, 0.2) is 11.6 Å². The van der Waals surface area contributed by atoms with Gasteiger partial charge >= 0.3 is 0 Å². The number of ketones is 2. The molecule has 6 nitrogen and oxygen atoms in total. The number of allylic oxidation sites excluding steroid dienone is 4. The minimum atomic E-state index is -0.0721. The molecule has 25 heavy (non-hydrogen) atoms. The third kappa shape index (κ3) is 4.06. The number of nitrogens with zero attached hydrogens (tertiary/aromatic N) is 2. The molecule has 0 atom stereocenters. The summed E-state index contributed by atoms with van der Waals surface area (Å²) in [5.74, 6) is -0.0657. The first kappa shape index (κ1) is 19.1. The predicted octanol–water partition coefficient (Wildman–Crippen LogP) is 1.65. The smallest absolute Gasteiger partial charge is 0.222 e. The van der Waals surface area contributed by atoms with E-state index < -0.39 is 0 Å². The fourth-order valence-corrected chi connectivity index (χ4v) is 3.30. The number of carbonyl (C=O) groups excluding carboxylic acids is 4. The van der Waals surface area contributed by atoms with Crippen LogP contribution in [0.3, 0.4) is 0 Å². The summed E-state index contributed by atoms with van der Waals surface area (Å²) in [5.41, 5.74) is 2.08. The maximum atomic E-state index is 12.4. The van der Waals surface area contributed by atoms with E-state index in [1.165, 1.54) is 6.92 Å². The van der Waals surface area contributed by atoms with Crippen LogP contribution in [0.4, 0.5) is 0 Å². The highest BCUT2D eigenvalue weighted by atomic mass is 16.2. The van der Waals surface area contributed by atoms with Gasteiger partial charge in [-0.25, -0.2) is 0 Å². The molecular weight excluding hydrogens is 320 g/mol. The van der Waals surface area contributed by atoms with Crippen LogP contribution >= 0.6 is 0 Å². The van der Waals surface area contributed by atoms with Crippen molar-refractivity contribution < 1.29 is 19.2 Å². The first-order chi connectivity index (χ1) is 11.7. The summed E-state index contributed by atoms with van der Waals surface area (Å²) >= 11 is 0. The van der Waals surface area contributed by atoms with Gasteiger partial charge in [-0.15, -0.1) is 0 Å². The number of amides is 2. The van der Waals surface area contributed by atoms with E-state index in [0.29, 0.717) is 67.7 Å². The molecule has 0 aromatic rings. The van der Waals surface area contributed by atoms with E-state index >= 15 is 0 Å². The van der Waals surface area contributed by atoms with E-state index in [1.807, 2.05) is 0 Å². The first-order valence-corrected chi connectivity index (χ1v) is 8.74. The summed E-state index contributed by atoms with van der Waals surface area (Å²) in [5, 5.41) is 0. The van der Waals surface area contributed by atoms with Gasteiger partial charge in [0, 0.05) is 61.8 Å². The van der Waals surface area contributed by atoms with Crippen LogP contribution < -0.4 is 0 Å². The number of piperazine rings is 1. The van der Waals surface area contributed by atoms with Crippen molar-refractivity contribution >= 4 is 23.4 Å². The van der Waals surface area contributed by atoms with Crippen LogP contribution in [-0.4, -0.2) is 59.4 Å². The van der Waals surface area contributed by atoms with Gasteiger partial charge in [-0.05, 0) is 33.6 Å². The van der Waals surface area contributed by atoms with E-state index in [9.17, 15) is 19.2 Å². The molecule has 6 heteroatoms. The zero-order valence-electron chi connectivity index (χ0n) is 15.5. The SMILES string of the molecule is CC(=O)N1CCN(C(=O)CCCC2=C(C)C(=O)C(C)=C(C)C2=O)CC1. The summed E-state index contributed by atoms with van der Waals surface area (Å²) in [6.07, 6.45) is 1.34. The van der Waals surface area contributed by atoms with Crippen molar-refractivity contribution in [2.75, 3.05) is 26.2 Å². The molecule has 2 amide bonds. The topological polar surface area (TPSA) is 74.8 Å². The Labute approximate surface area is 148 Å². The van der Waals surface area contributed by atoms with Crippen molar-refractivity contribution in [2.24, 2.45) is 0 Å². The summed E-state index contributed by atoms with van der Waals surface area (Å²) in [6, 6.07) is 0. The maximum Gasteiger partial charge on any atom is 0.222 e. The number of Topliss-reactive ketones (excluding diaryl/α,β-unsaturated/α-hetero) is 2. The molecule has 0 aromatic heterocycles. The fourth-order valence-electron chi connectivity index (χ4n) is 3.30. The van der Waals surface area contributed by atoms with Crippen LogP contribution in [-0.2, 0) is 19.2 Å². The van der Waals surface area contributed by atoms with Gasteiger partial charge in [-0.1, -0.05) is 0 Å². The molecule has 0 saturated carbocycles. The summed E-state index contributed by atoms with van der Waals surface area (Å²) in [4.78, 5) is 51.6. The quantitative estimate of drug-likeness (QED) is 0.726. The molecule has 1 aliphatic heterocycles. The van der Waals surface area contributed by atoms with Crippen molar-refractivity contribution in [1.82, 2.24) is 9.80 Å². The van der Waals surface area contributed by atoms with Crippen LogP contribution in [0, 0.1) is 0 Å². The largest absolute Gasteiger partial charge is 0.339 e. The second kappa shape index (κ2) is 7.76. The van der Waals surface area contributed by atoms with Crippen molar-refractivity contribution in [2.45, 2.75) is 47.0 Å². The van der Waals surface area contributed by atoms with Crippen LogP contribution in [0.25, 0.3) is 0 Å². The molecule has 1 fully saturated rings. The number of carbonyl (C=O) groups is 4. The number of rotatable bonds is 4. The van der Waals surface area contributed by atoms with Crippen LogP contribution in [0.15, 0.2) is 22.3 Å². The lowest BCUT2D eigenvalue weighted by Crippen LogP contribution is -2.50. The highest BCUT2D eigenvalue weighted by Crippen LogP contribution is 2.27. The van der Waals surface area contributed by atoms with Crippen molar-refractivity contribution in [3.63, 3.8) is 0 Å². The number of hydrogen-bond donors (Lipinski definition) is 0. The van der Waals surface area contributed by atoms with Crippen molar-refractivity contribution in [3.05, 3.63) is 22.3 Å². The standard InChI is InChI=1S/C19H26N2O4/c1-12-13(2)19(25)16(14(3)18(12)24)6-5-7-17(23)21-10-8-20(9-11-21)15(4)22/h5-11H2,1-4H3. The first-order valence-electron chi connectivity index (χ1n) is 8.74. The average molecular weight is 346 g/mol. The van der Waals surface area contributed by atoms with E-state index in [2.05, 4.69) is 0 Å². The Kier molecular flexibility index (Phi) is 5.93. The zero-order valence-corrected chi connectivity index (χ0v) is 15.5. The Morgan fingerprint density at radius 3 is 1.92 bits per heavy atom. The molecule has 0 unspecified atom stereocenters. The zero-order chi connectivity index (χ0) is 18.7. The Morgan fingerprint density at radius 1 is 0.840 bits per heavy atom. The Hall–Kier alpha value is -2.24. The van der Waals surface area contributed by atoms with Gasteiger partial charge in [-0.3, -0.25) is 19.2 Å². The minimum absolute atomic E-state index is 0.0358. The molecule has 0 radical (unpaired) electrons. The van der Waals surface area contributed by atoms with Crippen LogP contribution in [0.2, 0.25) is 0 Å². The van der Waals surface area contributed by atoms with Gasteiger partial charge in [0.05, 0.1) is 0 Å². The van der Waals surface area contributed by atoms with E-state index in [4.69, 9.17) is 0 Å². The van der Waals surface area contributed by atoms with Gasteiger partial charge in [0.1, 0.15) is 0 Å². The molecule has 2 rings (SSSR count). The molecule has 136 valence electrons. The lowest BCUT2D eigenvalue weighted by molar-refractivity contribution is -0.138. The fraction of sp³-hybridized carbons (Fsp3) is 0.579. The Balaban J connectivity index is 1.87.